The first kappa shape index (κ1) is 8.62. The molecule has 0 saturated heterocycles. The summed E-state index contributed by atoms with van der Waals surface area (Å²) >= 11 is 10.9. The van der Waals surface area contributed by atoms with Crippen LogP contribution < -0.4 is 0 Å². The van der Waals surface area contributed by atoms with E-state index in [1.54, 1.807) is 12.1 Å². The van der Waals surface area contributed by atoms with Crippen LogP contribution in [0.15, 0.2) is 16.6 Å². The molecule has 0 aliphatic carbocycles. The van der Waals surface area contributed by atoms with Crippen LogP contribution in [0.4, 0.5) is 0 Å². The van der Waals surface area contributed by atoms with Crippen LogP contribution >= 0.6 is 50.1 Å². The number of benzene rings is 1. The SMILES string of the molecule is Oc1c(Cl)cc(I)cc1Br. The molecule has 4 heteroatoms. The van der Waals surface area contributed by atoms with E-state index in [0.29, 0.717) is 9.50 Å². The lowest BCUT2D eigenvalue weighted by molar-refractivity contribution is 0.472. The van der Waals surface area contributed by atoms with Crippen LogP contribution in [0.25, 0.3) is 0 Å². The van der Waals surface area contributed by atoms with E-state index >= 15 is 0 Å². The highest BCUT2D eigenvalue weighted by molar-refractivity contribution is 14.1. The second kappa shape index (κ2) is 3.28. The molecule has 0 radical (unpaired) electrons. The van der Waals surface area contributed by atoms with Crippen LogP contribution in [0.5, 0.6) is 5.75 Å². The van der Waals surface area contributed by atoms with Crippen molar-refractivity contribution in [2.75, 3.05) is 0 Å². The molecule has 0 spiro atoms. The largest absolute Gasteiger partial charge is 0.505 e. The lowest BCUT2D eigenvalue weighted by Gasteiger charge is -1.99. The summed E-state index contributed by atoms with van der Waals surface area (Å²) in [5.41, 5.74) is 0. The maximum atomic E-state index is 9.15. The standard InChI is InChI=1S/C6H3BrClIO/c7-4-1-3(9)2-5(8)6(4)10/h1-2,10H. The Bertz CT molecular complexity index is 241. The third-order valence-corrected chi connectivity index (χ3v) is 2.50. The fraction of sp³-hybridized carbons (Fsp3) is 0. The molecule has 10 heavy (non-hydrogen) atoms. The minimum atomic E-state index is 0.0992. The van der Waals surface area contributed by atoms with Gasteiger partial charge in [-0.1, -0.05) is 11.6 Å². The molecule has 1 aromatic rings. The molecule has 0 heterocycles. The maximum absolute atomic E-state index is 9.15. The van der Waals surface area contributed by atoms with Crippen molar-refractivity contribution in [3.8, 4) is 5.75 Å². The number of aromatic hydroxyl groups is 1. The molecule has 0 aliphatic heterocycles. The normalized spacial score (nSPS) is 9.90. The Balaban J connectivity index is 3.31. The molecule has 1 N–H and O–H groups in total. The van der Waals surface area contributed by atoms with Crippen LogP contribution in [0.3, 0.4) is 0 Å². The number of rotatable bonds is 0. The van der Waals surface area contributed by atoms with Crippen molar-refractivity contribution in [3.63, 3.8) is 0 Å². The van der Waals surface area contributed by atoms with Crippen molar-refractivity contribution < 1.29 is 5.11 Å². The Labute approximate surface area is 85.7 Å². The zero-order valence-corrected chi connectivity index (χ0v) is 9.24. The quantitative estimate of drug-likeness (QED) is 0.722. The van der Waals surface area contributed by atoms with Crippen molar-refractivity contribution >= 4 is 50.1 Å². The summed E-state index contributed by atoms with van der Waals surface area (Å²) in [6.45, 7) is 0. The maximum Gasteiger partial charge on any atom is 0.148 e. The van der Waals surface area contributed by atoms with E-state index < -0.39 is 0 Å². The van der Waals surface area contributed by atoms with Crippen LogP contribution in [0.2, 0.25) is 5.02 Å². The van der Waals surface area contributed by atoms with E-state index in [-0.39, 0.29) is 5.75 Å². The van der Waals surface area contributed by atoms with Gasteiger partial charge in [-0.05, 0) is 50.7 Å². The number of hydrogen-bond donors (Lipinski definition) is 1. The number of hydrogen-bond acceptors (Lipinski definition) is 1. The average molecular weight is 333 g/mol. The van der Waals surface area contributed by atoms with E-state index in [1.165, 1.54) is 0 Å². The van der Waals surface area contributed by atoms with Gasteiger partial charge in [0.2, 0.25) is 0 Å². The Morgan fingerprint density at radius 2 is 2.10 bits per heavy atom. The lowest BCUT2D eigenvalue weighted by Crippen LogP contribution is -1.74. The van der Waals surface area contributed by atoms with Gasteiger partial charge in [-0.3, -0.25) is 0 Å². The molecule has 0 atom stereocenters. The monoisotopic (exact) mass is 332 g/mol. The van der Waals surface area contributed by atoms with Crippen molar-refractivity contribution in [2.45, 2.75) is 0 Å². The Kier molecular flexibility index (Phi) is 2.82. The zero-order valence-electron chi connectivity index (χ0n) is 4.74. The second-order valence-electron chi connectivity index (χ2n) is 1.72. The molecule has 0 amide bonds. The Hall–Kier alpha value is 0.520. The third-order valence-electron chi connectivity index (χ3n) is 0.982. The second-order valence-corrected chi connectivity index (χ2v) is 4.23. The van der Waals surface area contributed by atoms with Gasteiger partial charge >= 0.3 is 0 Å². The molecule has 0 aromatic heterocycles. The molecule has 54 valence electrons. The van der Waals surface area contributed by atoms with E-state index in [4.69, 9.17) is 16.7 Å². The molecule has 0 unspecified atom stereocenters. The van der Waals surface area contributed by atoms with Gasteiger partial charge in [0.15, 0.2) is 0 Å². The summed E-state index contributed by atoms with van der Waals surface area (Å²) in [6.07, 6.45) is 0. The molecule has 1 nitrogen and oxygen atoms in total. The summed E-state index contributed by atoms with van der Waals surface area (Å²) in [5, 5.41) is 9.52. The number of halogens is 3. The van der Waals surface area contributed by atoms with Crippen LogP contribution in [0, 0.1) is 3.57 Å². The topological polar surface area (TPSA) is 20.2 Å². The summed E-state index contributed by atoms with van der Waals surface area (Å²) in [6, 6.07) is 3.49. The third kappa shape index (κ3) is 1.77. The summed E-state index contributed by atoms with van der Waals surface area (Å²) in [7, 11) is 0. The minimum absolute atomic E-state index is 0.0992. The summed E-state index contributed by atoms with van der Waals surface area (Å²) in [5.74, 6) is 0.0992. The molecule has 1 aromatic carbocycles. The average Bonchev–Trinajstić information content (AvgIpc) is 1.82. The molecular formula is C6H3BrClIO. The molecule has 0 bridgehead atoms. The first-order valence-corrected chi connectivity index (χ1v) is 4.69. The molecule has 0 fully saturated rings. The van der Waals surface area contributed by atoms with Crippen LogP contribution in [0.1, 0.15) is 0 Å². The first-order valence-electron chi connectivity index (χ1n) is 2.45. The number of phenolic OH excluding ortho intramolecular Hbond substituents is 1. The highest BCUT2D eigenvalue weighted by atomic mass is 127. The molecular weight excluding hydrogens is 330 g/mol. The van der Waals surface area contributed by atoms with Gasteiger partial charge in [-0.15, -0.1) is 0 Å². The van der Waals surface area contributed by atoms with E-state index in [9.17, 15) is 0 Å². The van der Waals surface area contributed by atoms with E-state index in [1.807, 2.05) is 0 Å². The summed E-state index contributed by atoms with van der Waals surface area (Å²) < 4.78 is 1.62. The van der Waals surface area contributed by atoms with Gasteiger partial charge in [-0.25, -0.2) is 0 Å². The lowest BCUT2D eigenvalue weighted by atomic mass is 10.3. The minimum Gasteiger partial charge on any atom is -0.505 e. The van der Waals surface area contributed by atoms with Gasteiger partial charge in [0, 0.05) is 3.57 Å². The molecule has 1 rings (SSSR count). The van der Waals surface area contributed by atoms with Crippen LogP contribution in [-0.4, -0.2) is 5.11 Å². The highest BCUT2D eigenvalue weighted by Crippen LogP contribution is 2.33. The molecule has 0 aliphatic rings. The Morgan fingerprint density at radius 3 is 2.60 bits per heavy atom. The van der Waals surface area contributed by atoms with Crippen molar-refractivity contribution in [3.05, 3.63) is 25.2 Å². The summed E-state index contributed by atoms with van der Waals surface area (Å²) in [4.78, 5) is 0. The smallest absolute Gasteiger partial charge is 0.148 e. The van der Waals surface area contributed by atoms with Gasteiger partial charge < -0.3 is 5.11 Å². The van der Waals surface area contributed by atoms with Gasteiger partial charge in [0.1, 0.15) is 5.75 Å². The van der Waals surface area contributed by atoms with E-state index in [2.05, 4.69) is 38.5 Å². The highest BCUT2D eigenvalue weighted by Gasteiger charge is 2.03. The predicted octanol–water partition coefficient (Wildman–Crippen LogP) is 3.41. The van der Waals surface area contributed by atoms with Crippen LogP contribution in [-0.2, 0) is 0 Å². The van der Waals surface area contributed by atoms with Gasteiger partial charge in [0.05, 0.1) is 9.50 Å². The van der Waals surface area contributed by atoms with Gasteiger partial charge in [-0.2, -0.15) is 0 Å². The Morgan fingerprint density at radius 1 is 1.50 bits per heavy atom. The fourth-order valence-electron chi connectivity index (χ4n) is 0.535. The van der Waals surface area contributed by atoms with Crippen molar-refractivity contribution in [1.82, 2.24) is 0 Å². The first-order chi connectivity index (χ1) is 4.61. The van der Waals surface area contributed by atoms with E-state index in [0.717, 1.165) is 3.57 Å². The van der Waals surface area contributed by atoms with Gasteiger partial charge in [0.25, 0.3) is 0 Å². The fourth-order valence-corrected chi connectivity index (χ4v) is 2.56. The predicted molar refractivity (Wildman–Crippen MR) is 53.5 cm³/mol. The van der Waals surface area contributed by atoms with Crippen molar-refractivity contribution in [1.29, 1.82) is 0 Å². The number of phenols is 1. The van der Waals surface area contributed by atoms with Crippen molar-refractivity contribution in [2.24, 2.45) is 0 Å². The molecule has 0 saturated carbocycles. The zero-order chi connectivity index (χ0) is 7.72.